The minimum absolute atomic E-state index is 0.0359. The normalized spacial score (nSPS) is 26.0. The number of imide groups is 2. The molecule has 1 heterocycles. The summed E-state index contributed by atoms with van der Waals surface area (Å²) in [6.07, 6.45) is 9.12. The molecule has 4 bridgehead atoms. The number of benzene rings is 3. The van der Waals surface area contributed by atoms with Gasteiger partial charge in [0.15, 0.2) is 11.5 Å². The largest absolute Gasteiger partial charge is 0.493 e. The molecule has 4 saturated carbocycles. The zero-order valence-corrected chi connectivity index (χ0v) is 27.3. The van der Waals surface area contributed by atoms with Crippen LogP contribution >= 0.6 is 22.6 Å². The maximum absolute atomic E-state index is 13.7. The number of ether oxygens (including phenoxy) is 2. The summed E-state index contributed by atoms with van der Waals surface area (Å²) in [7, 11) is 1.47. The highest BCUT2D eigenvalue weighted by Gasteiger charge is 2.51. The van der Waals surface area contributed by atoms with Gasteiger partial charge in [0.2, 0.25) is 0 Å². The molecule has 1 aliphatic heterocycles. The Morgan fingerprint density at radius 1 is 1.00 bits per heavy atom. The van der Waals surface area contributed by atoms with Crippen molar-refractivity contribution in [1.29, 1.82) is 0 Å². The Hall–Kier alpha value is -4.26. The average molecular weight is 734 g/mol. The molecule has 1 saturated heterocycles. The van der Waals surface area contributed by atoms with E-state index in [2.05, 4.69) is 40.0 Å². The summed E-state index contributed by atoms with van der Waals surface area (Å²) in [5.74, 6) is 1.67. The van der Waals surface area contributed by atoms with E-state index in [0.29, 0.717) is 31.9 Å². The van der Waals surface area contributed by atoms with Gasteiger partial charge in [0, 0.05) is 12.1 Å². The third-order valence-electron chi connectivity index (χ3n) is 9.95. The van der Waals surface area contributed by atoms with Crippen molar-refractivity contribution in [3.05, 3.63) is 96.6 Å². The summed E-state index contributed by atoms with van der Waals surface area (Å²) in [6.45, 7) is 0.0636. The van der Waals surface area contributed by atoms with E-state index in [9.17, 15) is 24.5 Å². The van der Waals surface area contributed by atoms with Gasteiger partial charge in [-0.25, -0.2) is 9.69 Å². The number of nitro groups is 1. The van der Waals surface area contributed by atoms with Crippen molar-refractivity contribution < 1.29 is 28.8 Å². The number of halogens is 1. The van der Waals surface area contributed by atoms with Crippen LogP contribution in [0.25, 0.3) is 6.08 Å². The number of anilines is 1. The fourth-order valence-corrected chi connectivity index (χ4v) is 9.15. The van der Waals surface area contributed by atoms with Crippen molar-refractivity contribution in [3.63, 3.8) is 0 Å². The number of carbonyl (C=O) groups is 3. The molecule has 4 amide bonds. The Morgan fingerprint density at radius 2 is 1.67 bits per heavy atom. The molecule has 10 nitrogen and oxygen atoms in total. The molecule has 3 aromatic carbocycles. The monoisotopic (exact) mass is 733 g/mol. The summed E-state index contributed by atoms with van der Waals surface area (Å²) >= 11 is 2.06. The van der Waals surface area contributed by atoms with E-state index in [4.69, 9.17) is 9.47 Å². The second-order valence-corrected chi connectivity index (χ2v) is 14.1. The minimum atomic E-state index is -0.785. The van der Waals surface area contributed by atoms with Crippen LogP contribution in [-0.2, 0) is 21.6 Å². The molecule has 8 rings (SSSR count). The number of urea groups is 1. The molecule has 5 fully saturated rings. The highest BCUT2D eigenvalue weighted by Crippen LogP contribution is 2.60. The topological polar surface area (TPSA) is 128 Å². The smallest absolute Gasteiger partial charge is 0.335 e. The lowest BCUT2D eigenvalue weighted by Crippen LogP contribution is -2.54. The molecule has 236 valence electrons. The van der Waals surface area contributed by atoms with E-state index in [1.54, 1.807) is 24.3 Å². The van der Waals surface area contributed by atoms with Crippen LogP contribution in [0.5, 0.6) is 11.5 Å². The number of carbonyl (C=O) groups excluding carboxylic acids is 3. The van der Waals surface area contributed by atoms with Gasteiger partial charge in [-0.15, -0.1) is 0 Å². The Balaban J connectivity index is 1.12. The number of hydrogen-bond donors (Lipinski definition) is 1. The molecule has 0 radical (unpaired) electrons. The van der Waals surface area contributed by atoms with Gasteiger partial charge >= 0.3 is 6.03 Å². The van der Waals surface area contributed by atoms with Crippen molar-refractivity contribution in [1.82, 2.24) is 5.32 Å². The molecule has 46 heavy (non-hydrogen) atoms. The van der Waals surface area contributed by atoms with Gasteiger partial charge in [-0.3, -0.25) is 25.0 Å². The Bertz CT molecular complexity index is 1770. The van der Waals surface area contributed by atoms with E-state index in [1.165, 1.54) is 69.4 Å². The summed E-state index contributed by atoms with van der Waals surface area (Å²) in [5.41, 5.74) is 2.76. The number of nitrogens with one attached hydrogen (secondary N) is 1. The van der Waals surface area contributed by atoms with Gasteiger partial charge in [-0.05, 0) is 131 Å². The molecule has 0 spiro atoms. The van der Waals surface area contributed by atoms with Crippen molar-refractivity contribution in [2.75, 3.05) is 12.0 Å². The van der Waals surface area contributed by atoms with Crippen molar-refractivity contribution in [3.8, 4) is 11.5 Å². The Kier molecular flexibility index (Phi) is 7.82. The van der Waals surface area contributed by atoms with Gasteiger partial charge in [-0.2, -0.15) is 0 Å². The lowest BCUT2D eigenvalue weighted by atomic mass is 9.48. The van der Waals surface area contributed by atoms with E-state index < -0.39 is 22.8 Å². The van der Waals surface area contributed by atoms with Crippen molar-refractivity contribution in [2.45, 2.75) is 50.5 Å². The second kappa shape index (κ2) is 11.8. The number of methoxy groups -OCH3 is 1. The number of nitro benzene ring substituents is 1. The zero-order valence-electron chi connectivity index (χ0n) is 25.2. The molecule has 1 N–H and O–H groups in total. The quantitative estimate of drug-likeness (QED) is 0.0876. The van der Waals surface area contributed by atoms with E-state index in [1.807, 2.05) is 12.1 Å². The third-order valence-corrected chi connectivity index (χ3v) is 10.7. The summed E-state index contributed by atoms with van der Waals surface area (Å²) < 4.78 is 12.1. The van der Waals surface area contributed by atoms with Crippen LogP contribution in [-0.4, -0.2) is 29.9 Å². The predicted octanol–water partition coefficient (Wildman–Crippen LogP) is 6.92. The predicted molar refractivity (Wildman–Crippen MR) is 178 cm³/mol. The van der Waals surface area contributed by atoms with Gasteiger partial charge in [0.05, 0.1) is 21.3 Å². The number of hydrogen-bond acceptors (Lipinski definition) is 7. The fraction of sp³-hybridized carbons (Fsp3) is 0.343. The lowest BCUT2D eigenvalue weighted by molar-refractivity contribution is -0.384. The molecular formula is C35H32IN3O7. The summed E-state index contributed by atoms with van der Waals surface area (Å²) in [4.78, 5) is 51.2. The summed E-state index contributed by atoms with van der Waals surface area (Å²) in [5, 5.41) is 13.4. The number of non-ortho nitro benzene ring substituents is 1. The highest BCUT2D eigenvalue weighted by atomic mass is 127. The first-order chi connectivity index (χ1) is 22.1. The molecule has 3 aromatic rings. The van der Waals surface area contributed by atoms with E-state index in [-0.39, 0.29) is 23.3 Å². The van der Waals surface area contributed by atoms with Crippen LogP contribution in [0, 0.1) is 31.4 Å². The van der Waals surface area contributed by atoms with E-state index >= 15 is 0 Å². The van der Waals surface area contributed by atoms with Crippen LogP contribution in [0.3, 0.4) is 0 Å². The average Bonchev–Trinajstić information content (AvgIpc) is 3.02. The minimum Gasteiger partial charge on any atom is -0.493 e. The molecule has 0 unspecified atom stereocenters. The number of nitrogens with zero attached hydrogens (tertiary/aromatic N) is 2. The number of amides is 4. The van der Waals surface area contributed by atoms with Gasteiger partial charge < -0.3 is 9.47 Å². The molecule has 11 heteroatoms. The van der Waals surface area contributed by atoms with Crippen LogP contribution < -0.4 is 19.7 Å². The number of rotatable bonds is 8. The maximum Gasteiger partial charge on any atom is 0.335 e. The van der Waals surface area contributed by atoms with Gasteiger partial charge in [-0.1, -0.05) is 24.3 Å². The molecule has 0 atom stereocenters. The van der Waals surface area contributed by atoms with E-state index in [0.717, 1.165) is 22.7 Å². The van der Waals surface area contributed by atoms with Crippen LogP contribution in [0.4, 0.5) is 16.2 Å². The first-order valence-electron chi connectivity index (χ1n) is 15.4. The lowest BCUT2D eigenvalue weighted by Gasteiger charge is -2.57. The first-order valence-corrected chi connectivity index (χ1v) is 16.5. The number of barbiturate groups is 1. The van der Waals surface area contributed by atoms with Gasteiger partial charge in [0.25, 0.3) is 17.5 Å². The van der Waals surface area contributed by atoms with Crippen LogP contribution in [0.2, 0.25) is 0 Å². The summed E-state index contributed by atoms with van der Waals surface area (Å²) in [6, 6.07) is 16.5. The molecule has 5 aliphatic rings. The van der Waals surface area contributed by atoms with Crippen LogP contribution in [0.15, 0.2) is 66.2 Å². The molecular weight excluding hydrogens is 701 g/mol. The molecule has 4 aliphatic carbocycles. The fourth-order valence-electron chi connectivity index (χ4n) is 8.37. The zero-order chi connectivity index (χ0) is 32.2. The van der Waals surface area contributed by atoms with Crippen LogP contribution in [0.1, 0.15) is 55.2 Å². The highest BCUT2D eigenvalue weighted by molar-refractivity contribution is 14.1. The Labute approximate surface area is 279 Å². The molecule has 0 aromatic heterocycles. The SMILES string of the molecule is COc1cc(/C=C2\C(=O)NC(=O)N(c3ccc(C45CC6CC(CC(C6)C4)C5)cc3)C2=O)cc(I)c1OCc1cccc([N+](=O)[O-])c1. The van der Waals surface area contributed by atoms with Crippen molar-refractivity contribution >= 4 is 57.9 Å². The maximum atomic E-state index is 13.7. The van der Waals surface area contributed by atoms with Gasteiger partial charge in [0.1, 0.15) is 12.2 Å². The standard InChI is InChI=1S/C35H32IN3O7/c1-45-30-15-21(14-29(36)31(30)46-19-20-3-2-4-27(12-20)39(43)44)13-28-32(40)37-34(42)38(33(28)41)26-7-5-25(6-8-26)35-16-22-9-23(17-35)11-24(10-22)18-35/h2-8,12-15,22-24H,9-11,16-19H2,1H3,(H,37,40,42)/b28-13+. The Morgan fingerprint density at radius 3 is 2.30 bits per heavy atom. The first kappa shape index (κ1) is 30.4. The van der Waals surface area contributed by atoms with Crippen molar-refractivity contribution in [2.24, 2.45) is 17.8 Å². The third kappa shape index (κ3) is 5.54. The second-order valence-electron chi connectivity index (χ2n) is 13.0.